The molecule has 1 amide bonds. The van der Waals surface area contributed by atoms with Gasteiger partial charge in [-0.1, -0.05) is 48.5 Å². The molecule has 8 nitrogen and oxygen atoms in total. The van der Waals surface area contributed by atoms with Crippen LogP contribution in [-0.4, -0.2) is 29.1 Å². The van der Waals surface area contributed by atoms with E-state index >= 15 is 0 Å². The van der Waals surface area contributed by atoms with Crippen LogP contribution < -0.4 is 10.0 Å². The first kappa shape index (κ1) is 23.3. The number of hydrogen-bond acceptors (Lipinski definition) is 5. The van der Waals surface area contributed by atoms with Crippen LogP contribution in [0.5, 0.6) is 0 Å². The second-order valence-corrected chi connectivity index (χ2v) is 9.62. The molecule has 9 heteroatoms. The van der Waals surface area contributed by atoms with Crippen molar-refractivity contribution in [3.8, 4) is 5.69 Å². The van der Waals surface area contributed by atoms with Crippen LogP contribution in [0.4, 0.5) is 0 Å². The van der Waals surface area contributed by atoms with Crippen LogP contribution >= 0.6 is 0 Å². The summed E-state index contributed by atoms with van der Waals surface area (Å²) in [5.41, 5.74) is 2.87. The van der Waals surface area contributed by atoms with Crippen LogP contribution in [0.25, 0.3) is 5.69 Å². The summed E-state index contributed by atoms with van der Waals surface area (Å²) in [7, 11) is -3.81. The Labute approximate surface area is 198 Å². The van der Waals surface area contributed by atoms with E-state index < -0.39 is 16.1 Å². The molecule has 0 fully saturated rings. The summed E-state index contributed by atoms with van der Waals surface area (Å²) in [4.78, 5) is 16.8. The van der Waals surface area contributed by atoms with Gasteiger partial charge in [0.2, 0.25) is 10.0 Å². The van der Waals surface area contributed by atoms with Crippen molar-refractivity contribution in [2.75, 3.05) is 0 Å². The molecule has 2 N–H and O–H groups in total. The normalized spacial score (nSPS) is 13.2. The number of carbonyl (C=O) groups excluding carboxylic acids is 1. The first-order chi connectivity index (χ1) is 16.3. The van der Waals surface area contributed by atoms with Crippen molar-refractivity contribution in [2.45, 2.75) is 30.8 Å². The third-order valence-electron chi connectivity index (χ3n) is 5.46. The van der Waals surface area contributed by atoms with Gasteiger partial charge in [0.15, 0.2) is 0 Å². The summed E-state index contributed by atoms with van der Waals surface area (Å²) < 4.78 is 30.1. The summed E-state index contributed by atoms with van der Waals surface area (Å²) in [5, 5.41) is 7.02. The number of nitrogens with zero attached hydrogens (tertiary/aromatic N) is 3. The summed E-state index contributed by atoms with van der Waals surface area (Å²) >= 11 is 0. The number of hydrogen-bond donors (Lipinski definition) is 2. The SMILES string of the molecule is C[C@H](NC(=O)c1cccc(S(=O)(=O)N[C@H](C)c2ccccc2)c1)c1ccc(-n2cncn2)cc1. The quantitative estimate of drug-likeness (QED) is 0.403. The van der Waals surface area contributed by atoms with E-state index in [1.807, 2.05) is 61.5 Å². The Morgan fingerprint density at radius 2 is 1.59 bits per heavy atom. The first-order valence-corrected chi connectivity index (χ1v) is 12.2. The molecule has 0 aliphatic carbocycles. The summed E-state index contributed by atoms with van der Waals surface area (Å²) in [6, 6.07) is 22.2. The highest BCUT2D eigenvalue weighted by Gasteiger charge is 2.20. The Morgan fingerprint density at radius 1 is 0.882 bits per heavy atom. The van der Waals surface area contributed by atoms with Gasteiger partial charge in [0, 0.05) is 11.6 Å². The zero-order chi connectivity index (χ0) is 24.1. The highest BCUT2D eigenvalue weighted by atomic mass is 32.2. The molecule has 0 bridgehead atoms. The number of benzene rings is 3. The largest absolute Gasteiger partial charge is 0.346 e. The lowest BCUT2D eigenvalue weighted by molar-refractivity contribution is 0.0939. The van der Waals surface area contributed by atoms with Crippen LogP contribution in [0.15, 0.2) is 96.4 Å². The van der Waals surface area contributed by atoms with E-state index in [4.69, 9.17) is 0 Å². The van der Waals surface area contributed by atoms with Gasteiger partial charge < -0.3 is 5.32 Å². The minimum atomic E-state index is -3.81. The van der Waals surface area contributed by atoms with Gasteiger partial charge in [-0.2, -0.15) is 5.10 Å². The van der Waals surface area contributed by atoms with Crippen molar-refractivity contribution in [3.05, 3.63) is 108 Å². The van der Waals surface area contributed by atoms with Crippen molar-refractivity contribution >= 4 is 15.9 Å². The number of amides is 1. The Bertz CT molecular complexity index is 1360. The van der Waals surface area contributed by atoms with Crippen molar-refractivity contribution < 1.29 is 13.2 Å². The number of nitrogens with one attached hydrogen (secondary N) is 2. The van der Waals surface area contributed by atoms with Gasteiger partial charge in [-0.15, -0.1) is 0 Å². The van der Waals surface area contributed by atoms with E-state index in [2.05, 4.69) is 20.1 Å². The van der Waals surface area contributed by atoms with E-state index in [0.29, 0.717) is 0 Å². The van der Waals surface area contributed by atoms with Gasteiger partial charge in [-0.3, -0.25) is 4.79 Å². The fourth-order valence-electron chi connectivity index (χ4n) is 3.54. The van der Waals surface area contributed by atoms with Gasteiger partial charge in [0.1, 0.15) is 12.7 Å². The third-order valence-corrected chi connectivity index (χ3v) is 7.00. The third kappa shape index (κ3) is 5.38. The predicted octanol–water partition coefficient (Wildman–Crippen LogP) is 3.80. The Morgan fingerprint density at radius 3 is 2.26 bits per heavy atom. The fraction of sp³-hybridized carbons (Fsp3) is 0.160. The monoisotopic (exact) mass is 475 g/mol. The average molecular weight is 476 g/mol. The highest BCUT2D eigenvalue weighted by molar-refractivity contribution is 7.89. The van der Waals surface area contributed by atoms with Crippen LogP contribution in [0.3, 0.4) is 0 Å². The molecule has 0 aliphatic heterocycles. The van der Waals surface area contributed by atoms with E-state index in [9.17, 15) is 13.2 Å². The average Bonchev–Trinajstić information content (AvgIpc) is 3.39. The van der Waals surface area contributed by atoms with Crippen molar-refractivity contribution in [3.63, 3.8) is 0 Å². The standard InChI is InChI=1S/C25H25N5O3S/c1-18(21-11-13-23(14-12-21)30-17-26-16-27-30)28-25(31)22-9-6-10-24(15-22)34(32,33)29-19(2)20-7-4-3-5-8-20/h3-19,29H,1-2H3,(H,28,31)/t18-,19+/m0/s1. The lowest BCUT2D eigenvalue weighted by Gasteiger charge is -2.17. The van der Waals surface area contributed by atoms with Crippen LogP contribution in [-0.2, 0) is 10.0 Å². The van der Waals surface area contributed by atoms with Gasteiger partial charge in [-0.25, -0.2) is 22.8 Å². The molecule has 1 aromatic heterocycles. The van der Waals surface area contributed by atoms with Crippen LogP contribution in [0.1, 0.15) is 47.4 Å². The minimum absolute atomic E-state index is 0.0350. The van der Waals surface area contributed by atoms with Crippen molar-refractivity contribution in [1.82, 2.24) is 24.8 Å². The van der Waals surface area contributed by atoms with Crippen molar-refractivity contribution in [1.29, 1.82) is 0 Å². The topological polar surface area (TPSA) is 106 Å². The number of carbonyl (C=O) groups is 1. The maximum absolute atomic E-state index is 12.9. The number of aromatic nitrogens is 3. The fourth-order valence-corrected chi connectivity index (χ4v) is 4.81. The predicted molar refractivity (Wildman–Crippen MR) is 129 cm³/mol. The molecule has 0 saturated heterocycles. The van der Waals surface area contributed by atoms with Gasteiger partial charge in [-0.05, 0) is 55.3 Å². The molecular formula is C25H25N5O3S. The Hall–Kier alpha value is -3.82. The number of sulfonamides is 1. The molecule has 2 atom stereocenters. The van der Waals surface area contributed by atoms with E-state index in [1.54, 1.807) is 30.1 Å². The molecule has 0 aliphatic rings. The van der Waals surface area contributed by atoms with E-state index in [0.717, 1.165) is 16.8 Å². The molecule has 34 heavy (non-hydrogen) atoms. The van der Waals surface area contributed by atoms with Gasteiger partial charge >= 0.3 is 0 Å². The second-order valence-electron chi connectivity index (χ2n) is 7.91. The Balaban J connectivity index is 1.45. The maximum Gasteiger partial charge on any atom is 0.251 e. The molecule has 0 radical (unpaired) electrons. The van der Waals surface area contributed by atoms with Crippen LogP contribution in [0, 0.1) is 0 Å². The lowest BCUT2D eigenvalue weighted by atomic mass is 10.1. The molecule has 1 heterocycles. The minimum Gasteiger partial charge on any atom is -0.346 e. The van der Waals surface area contributed by atoms with Crippen molar-refractivity contribution in [2.24, 2.45) is 0 Å². The highest BCUT2D eigenvalue weighted by Crippen LogP contribution is 2.19. The lowest BCUT2D eigenvalue weighted by Crippen LogP contribution is -2.28. The smallest absolute Gasteiger partial charge is 0.251 e. The van der Waals surface area contributed by atoms with Gasteiger partial charge in [0.05, 0.1) is 16.6 Å². The van der Waals surface area contributed by atoms with Gasteiger partial charge in [0.25, 0.3) is 5.91 Å². The maximum atomic E-state index is 12.9. The first-order valence-electron chi connectivity index (χ1n) is 10.8. The molecule has 0 saturated carbocycles. The summed E-state index contributed by atoms with van der Waals surface area (Å²) in [6.07, 6.45) is 3.07. The molecule has 3 aromatic carbocycles. The molecule has 4 rings (SSSR count). The molecule has 174 valence electrons. The van der Waals surface area contributed by atoms with E-state index in [1.165, 1.54) is 18.5 Å². The second kappa shape index (κ2) is 9.98. The zero-order valence-corrected chi connectivity index (χ0v) is 19.6. The number of rotatable bonds is 8. The van der Waals surface area contributed by atoms with E-state index in [-0.39, 0.29) is 22.4 Å². The molecule has 0 spiro atoms. The summed E-state index contributed by atoms with van der Waals surface area (Å²) in [6.45, 7) is 3.64. The summed E-state index contributed by atoms with van der Waals surface area (Å²) in [5.74, 6) is -0.360. The molecular weight excluding hydrogens is 450 g/mol. The Kier molecular flexibility index (Phi) is 6.85. The zero-order valence-electron chi connectivity index (χ0n) is 18.8. The van der Waals surface area contributed by atoms with Crippen LogP contribution in [0.2, 0.25) is 0 Å². The molecule has 0 unspecified atom stereocenters. The molecule has 4 aromatic rings.